The molecule has 1 atom stereocenters. The Bertz CT molecular complexity index is 104. The molecule has 1 nitrogen and oxygen atoms in total. The van der Waals surface area contributed by atoms with Crippen LogP contribution < -0.4 is 0 Å². The average molecular weight is 195 g/mol. The van der Waals surface area contributed by atoms with Crippen molar-refractivity contribution >= 4 is 21.8 Å². The standard InChI is InChI=1S/C8H21NS2/c1-7(2)6-9(5)11(10)8(3)4/h7-8,10-11H,6H2,1-5H3. The van der Waals surface area contributed by atoms with Crippen molar-refractivity contribution in [3.63, 3.8) is 0 Å². The van der Waals surface area contributed by atoms with Crippen LogP contribution in [0.1, 0.15) is 27.7 Å². The van der Waals surface area contributed by atoms with Crippen molar-refractivity contribution in [3.8, 4) is 0 Å². The van der Waals surface area contributed by atoms with Gasteiger partial charge in [-0.2, -0.15) is 10.1 Å². The van der Waals surface area contributed by atoms with E-state index in [4.69, 9.17) is 0 Å². The van der Waals surface area contributed by atoms with Crippen LogP contribution in [0, 0.1) is 5.92 Å². The van der Waals surface area contributed by atoms with Crippen LogP contribution in [0.4, 0.5) is 0 Å². The van der Waals surface area contributed by atoms with Gasteiger partial charge in [-0.25, -0.2) is 0 Å². The molecule has 0 spiro atoms. The normalized spacial score (nSPS) is 16.6. The minimum atomic E-state index is -0.206. The highest BCUT2D eigenvalue weighted by molar-refractivity contribution is 8.77. The first-order valence-corrected chi connectivity index (χ1v) is 6.66. The Balaban J connectivity index is 3.73. The summed E-state index contributed by atoms with van der Waals surface area (Å²) in [7, 11) is 1.96. The second-order valence-corrected chi connectivity index (χ2v) is 7.23. The lowest BCUT2D eigenvalue weighted by Crippen LogP contribution is -2.21. The fraction of sp³-hybridized carbons (Fsp3) is 1.00. The maximum Gasteiger partial charge on any atom is 0.00996 e. The molecule has 0 aliphatic heterocycles. The van der Waals surface area contributed by atoms with Crippen LogP contribution >= 0.6 is 21.8 Å². The molecule has 0 aromatic rings. The highest BCUT2D eigenvalue weighted by Crippen LogP contribution is 2.38. The first-order valence-electron chi connectivity index (χ1n) is 4.14. The molecule has 0 bridgehead atoms. The third-order valence-electron chi connectivity index (χ3n) is 1.44. The van der Waals surface area contributed by atoms with Crippen molar-refractivity contribution in [1.82, 2.24) is 4.31 Å². The minimum Gasteiger partial charge on any atom is -0.264 e. The molecule has 0 aliphatic carbocycles. The Morgan fingerprint density at radius 3 is 2.00 bits per heavy atom. The highest BCUT2D eigenvalue weighted by Gasteiger charge is 2.10. The number of hydrogen-bond acceptors (Lipinski definition) is 2. The smallest absolute Gasteiger partial charge is 0.00996 e. The van der Waals surface area contributed by atoms with Gasteiger partial charge in [-0.3, -0.25) is 4.31 Å². The van der Waals surface area contributed by atoms with E-state index in [0.717, 1.165) is 12.5 Å². The average Bonchev–Trinajstić information content (AvgIpc) is 1.84. The first-order chi connectivity index (χ1) is 4.95. The molecule has 0 saturated carbocycles. The Hall–Kier alpha value is 0.660. The van der Waals surface area contributed by atoms with Gasteiger partial charge >= 0.3 is 0 Å². The van der Waals surface area contributed by atoms with Crippen LogP contribution in [0.5, 0.6) is 0 Å². The van der Waals surface area contributed by atoms with Crippen LogP contribution in [-0.4, -0.2) is 23.1 Å². The van der Waals surface area contributed by atoms with Crippen LogP contribution in [0.15, 0.2) is 0 Å². The monoisotopic (exact) mass is 195 g/mol. The fourth-order valence-electron chi connectivity index (χ4n) is 1.01. The summed E-state index contributed by atoms with van der Waals surface area (Å²) in [5.41, 5.74) is 0. The van der Waals surface area contributed by atoms with E-state index in [1.165, 1.54) is 0 Å². The van der Waals surface area contributed by atoms with Gasteiger partial charge in [0.15, 0.2) is 0 Å². The largest absolute Gasteiger partial charge is 0.264 e. The lowest BCUT2D eigenvalue weighted by molar-refractivity contribution is 0.463. The first kappa shape index (κ1) is 11.7. The number of rotatable bonds is 4. The van der Waals surface area contributed by atoms with Crippen molar-refractivity contribution < 1.29 is 0 Å². The van der Waals surface area contributed by atoms with Gasteiger partial charge in [-0.1, -0.05) is 27.7 Å². The molecule has 0 fully saturated rings. The molecule has 0 heterocycles. The second-order valence-electron chi connectivity index (χ2n) is 3.65. The lowest BCUT2D eigenvalue weighted by atomic mass is 10.2. The number of hydrogen-bond donors (Lipinski definition) is 2. The molecule has 0 aliphatic rings. The van der Waals surface area contributed by atoms with Crippen LogP contribution in [0.2, 0.25) is 0 Å². The zero-order valence-corrected chi connectivity index (χ0v) is 9.99. The molecule has 0 radical (unpaired) electrons. The summed E-state index contributed by atoms with van der Waals surface area (Å²) in [4.78, 5) is 0. The molecular weight excluding hydrogens is 174 g/mol. The van der Waals surface area contributed by atoms with Crippen molar-refractivity contribution in [2.75, 3.05) is 13.6 Å². The van der Waals surface area contributed by atoms with Crippen molar-refractivity contribution in [1.29, 1.82) is 0 Å². The summed E-state index contributed by atoms with van der Waals surface area (Å²) in [6.45, 7) is 10.1. The summed E-state index contributed by atoms with van der Waals surface area (Å²) < 4.78 is 2.37. The molecule has 0 N–H and O–H groups in total. The van der Waals surface area contributed by atoms with E-state index < -0.39 is 0 Å². The van der Waals surface area contributed by atoms with Gasteiger partial charge in [0, 0.05) is 11.8 Å². The van der Waals surface area contributed by atoms with Gasteiger partial charge in [0.2, 0.25) is 0 Å². The quantitative estimate of drug-likeness (QED) is 0.515. The third-order valence-corrected chi connectivity index (χ3v) is 5.53. The third kappa shape index (κ3) is 4.99. The molecule has 1 unspecified atom stereocenters. The molecule has 70 valence electrons. The van der Waals surface area contributed by atoms with Gasteiger partial charge < -0.3 is 0 Å². The summed E-state index contributed by atoms with van der Waals surface area (Å²) in [5.74, 6) is 0.746. The van der Waals surface area contributed by atoms with Crippen molar-refractivity contribution in [3.05, 3.63) is 0 Å². The molecule has 0 rings (SSSR count). The molecule has 3 heteroatoms. The maximum atomic E-state index is 4.59. The Morgan fingerprint density at radius 1 is 1.27 bits per heavy atom. The Kier molecular flexibility index (Phi) is 5.65. The van der Waals surface area contributed by atoms with E-state index in [2.05, 4.69) is 50.7 Å². The Morgan fingerprint density at radius 2 is 1.73 bits per heavy atom. The fourth-order valence-corrected chi connectivity index (χ4v) is 2.51. The van der Waals surface area contributed by atoms with E-state index >= 15 is 0 Å². The summed E-state index contributed by atoms with van der Waals surface area (Å²) in [5, 5.41) is 0.692. The molecule has 11 heavy (non-hydrogen) atoms. The topological polar surface area (TPSA) is 3.24 Å². The van der Waals surface area contributed by atoms with Gasteiger partial charge in [-0.05, 0) is 13.0 Å². The van der Waals surface area contributed by atoms with E-state index in [1.54, 1.807) is 0 Å². The molecule has 0 amide bonds. The van der Waals surface area contributed by atoms with Gasteiger partial charge in [0.25, 0.3) is 0 Å². The van der Waals surface area contributed by atoms with Gasteiger partial charge in [-0.15, -0.1) is 11.7 Å². The van der Waals surface area contributed by atoms with Crippen LogP contribution in [0.3, 0.4) is 0 Å². The molecule has 0 aromatic carbocycles. The summed E-state index contributed by atoms with van der Waals surface area (Å²) >= 11 is 4.59. The maximum absolute atomic E-state index is 4.59. The van der Waals surface area contributed by atoms with Crippen molar-refractivity contribution in [2.24, 2.45) is 5.92 Å². The zero-order valence-electron chi connectivity index (χ0n) is 8.20. The predicted octanol–water partition coefficient (Wildman–Crippen LogP) is 2.74. The van der Waals surface area contributed by atoms with E-state index in [0.29, 0.717) is 5.25 Å². The van der Waals surface area contributed by atoms with E-state index in [9.17, 15) is 0 Å². The van der Waals surface area contributed by atoms with Crippen molar-refractivity contribution in [2.45, 2.75) is 32.9 Å². The highest BCUT2D eigenvalue weighted by atomic mass is 33.1. The number of nitrogens with zero attached hydrogens (tertiary/aromatic N) is 1. The van der Waals surface area contributed by atoms with Crippen LogP contribution in [0.25, 0.3) is 0 Å². The van der Waals surface area contributed by atoms with Crippen LogP contribution in [-0.2, 0) is 0 Å². The minimum absolute atomic E-state index is 0.206. The second kappa shape index (κ2) is 5.33. The Labute approximate surface area is 78.8 Å². The SMILES string of the molecule is CC(C)CN(C)[SH](S)C(C)C. The molecule has 0 aromatic heterocycles. The lowest BCUT2D eigenvalue weighted by Gasteiger charge is -2.31. The summed E-state index contributed by atoms with van der Waals surface area (Å²) in [6.07, 6.45) is 0. The summed E-state index contributed by atoms with van der Waals surface area (Å²) in [6, 6.07) is 0. The number of thiol groups is 2. The zero-order chi connectivity index (χ0) is 9.02. The van der Waals surface area contributed by atoms with Gasteiger partial charge in [0.1, 0.15) is 0 Å². The predicted molar refractivity (Wildman–Crippen MR) is 60.6 cm³/mol. The molecule has 0 saturated heterocycles. The van der Waals surface area contributed by atoms with E-state index in [-0.39, 0.29) is 10.1 Å². The molecular formula is C8H21NS2. The van der Waals surface area contributed by atoms with Gasteiger partial charge in [0.05, 0.1) is 0 Å². The van der Waals surface area contributed by atoms with E-state index in [1.807, 2.05) is 0 Å².